The molecule has 2 rings (SSSR count). The van der Waals surface area contributed by atoms with Crippen molar-refractivity contribution >= 4 is 0 Å². The summed E-state index contributed by atoms with van der Waals surface area (Å²) in [6.07, 6.45) is 15.6. The molecule has 1 unspecified atom stereocenters. The number of nitrogens with zero attached hydrogens (tertiary/aromatic N) is 1. The van der Waals surface area contributed by atoms with Crippen LogP contribution in [-0.4, -0.2) is 51.3 Å². The molecule has 0 saturated carbocycles. The Morgan fingerprint density at radius 1 is 0.939 bits per heavy atom. The van der Waals surface area contributed by atoms with Crippen molar-refractivity contribution in [1.29, 1.82) is 0 Å². The van der Waals surface area contributed by atoms with E-state index in [2.05, 4.69) is 11.9 Å². The molecule has 4 atom stereocenters. The van der Waals surface area contributed by atoms with Crippen molar-refractivity contribution in [2.45, 2.75) is 121 Å². The molecule has 0 radical (unpaired) electrons. The van der Waals surface area contributed by atoms with Crippen LogP contribution in [0.2, 0.25) is 0 Å². The van der Waals surface area contributed by atoms with Gasteiger partial charge in [-0.3, -0.25) is 14.3 Å². The second kappa shape index (κ2) is 16.2. The highest BCUT2D eigenvalue weighted by Crippen LogP contribution is 2.30. The summed E-state index contributed by atoms with van der Waals surface area (Å²) < 4.78 is 12.6. The van der Waals surface area contributed by atoms with Gasteiger partial charge in [-0.1, -0.05) is 90.4 Å². The number of aliphatic hydroxyl groups is 2. The normalized spacial score (nSPS) is 22.8. The van der Waals surface area contributed by atoms with Gasteiger partial charge in [0, 0.05) is 18.9 Å². The Morgan fingerprint density at radius 2 is 1.48 bits per heavy atom. The first kappa shape index (κ1) is 27.8. The summed E-state index contributed by atoms with van der Waals surface area (Å²) in [6, 6.07) is 1.19. The molecular weight excluding hydrogens is 424 g/mol. The molecule has 1 fully saturated rings. The summed E-state index contributed by atoms with van der Waals surface area (Å²) in [5.74, 6) is 0. The maximum atomic E-state index is 12.0. The number of rotatable bonds is 18. The van der Waals surface area contributed by atoms with Gasteiger partial charge in [-0.25, -0.2) is 4.79 Å². The topological polar surface area (TPSA) is 114 Å². The van der Waals surface area contributed by atoms with Crippen LogP contribution in [0.5, 0.6) is 0 Å². The van der Waals surface area contributed by atoms with Gasteiger partial charge in [0.15, 0.2) is 6.23 Å². The maximum absolute atomic E-state index is 12.0. The van der Waals surface area contributed by atoms with Crippen LogP contribution in [0.25, 0.3) is 0 Å². The van der Waals surface area contributed by atoms with Crippen molar-refractivity contribution < 1.29 is 19.7 Å². The second-order valence-electron chi connectivity index (χ2n) is 9.19. The Morgan fingerprint density at radius 3 is 2.00 bits per heavy atom. The van der Waals surface area contributed by atoms with Crippen LogP contribution in [0.15, 0.2) is 21.9 Å². The van der Waals surface area contributed by atoms with Crippen molar-refractivity contribution in [1.82, 2.24) is 9.55 Å². The van der Waals surface area contributed by atoms with E-state index < -0.39 is 35.8 Å². The summed E-state index contributed by atoms with van der Waals surface area (Å²) in [5, 5.41) is 20.2. The average Bonchev–Trinajstić information content (AvgIpc) is 3.11. The predicted molar refractivity (Wildman–Crippen MR) is 128 cm³/mol. The highest BCUT2D eigenvalue weighted by Gasteiger charge is 2.45. The smallest absolute Gasteiger partial charge is 0.330 e. The lowest BCUT2D eigenvalue weighted by Gasteiger charge is -2.20. The lowest BCUT2D eigenvalue weighted by atomic mass is 10.0. The third kappa shape index (κ3) is 9.73. The quantitative estimate of drug-likeness (QED) is 0.283. The molecule has 0 amide bonds. The van der Waals surface area contributed by atoms with Gasteiger partial charge in [-0.15, -0.1) is 0 Å². The van der Waals surface area contributed by atoms with Crippen LogP contribution >= 0.6 is 0 Å². The molecule has 1 saturated heterocycles. The van der Waals surface area contributed by atoms with Gasteiger partial charge in [-0.05, 0) is 6.42 Å². The van der Waals surface area contributed by atoms with Crippen molar-refractivity contribution in [3.63, 3.8) is 0 Å². The number of aromatic amines is 1. The lowest BCUT2D eigenvalue weighted by Crippen LogP contribution is -2.39. The van der Waals surface area contributed by atoms with Gasteiger partial charge in [0.25, 0.3) is 5.56 Å². The largest absolute Gasteiger partial charge is 0.394 e. The Balaban J connectivity index is 1.54. The van der Waals surface area contributed by atoms with Gasteiger partial charge in [0.2, 0.25) is 0 Å². The van der Waals surface area contributed by atoms with Crippen molar-refractivity contribution in [3.05, 3.63) is 33.1 Å². The summed E-state index contributed by atoms with van der Waals surface area (Å²) in [6.45, 7) is 2.40. The fourth-order valence-corrected chi connectivity index (χ4v) is 4.45. The fourth-order valence-electron chi connectivity index (χ4n) is 4.45. The third-order valence-electron chi connectivity index (χ3n) is 6.42. The minimum Gasteiger partial charge on any atom is -0.394 e. The zero-order valence-electron chi connectivity index (χ0n) is 20.3. The van der Waals surface area contributed by atoms with Gasteiger partial charge >= 0.3 is 5.69 Å². The minimum absolute atomic E-state index is 0.324. The van der Waals surface area contributed by atoms with E-state index in [0.29, 0.717) is 6.61 Å². The van der Waals surface area contributed by atoms with Crippen LogP contribution in [0.4, 0.5) is 0 Å². The third-order valence-corrected chi connectivity index (χ3v) is 6.42. The van der Waals surface area contributed by atoms with E-state index in [1.165, 1.54) is 89.3 Å². The highest BCUT2D eigenvalue weighted by atomic mass is 16.6. The molecule has 2 heterocycles. The van der Waals surface area contributed by atoms with E-state index in [4.69, 9.17) is 9.47 Å². The van der Waals surface area contributed by atoms with E-state index >= 15 is 0 Å². The van der Waals surface area contributed by atoms with Gasteiger partial charge in [-0.2, -0.15) is 0 Å². The molecule has 0 aromatic carbocycles. The van der Waals surface area contributed by atoms with E-state index in [0.717, 1.165) is 17.4 Å². The maximum Gasteiger partial charge on any atom is 0.330 e. The van der Waals surface area contributed by atoms with E-state index in [1.54, 1.807) is 0 Å². The van der Waals surface area contributed by atoms with E-state index in [-0.39, 0.29) is 6.61 Å². The zero-order valence-corrected chi connectivity index (χ0v) is 20.3. The van der Waals surface area contributed by atoms with Crippen molar-refractivity contribution in [3.8, 4) is 0 Å². The Kier molecular flexibility index (Phi) is 13.6. The number of ether oxygens (including phenoxy) is 2. The molecule has 1 aliphatic rings. The molecule has 8 nitrogen and oxygen atoms in total. The molecule has 8 heteroatoms. The number of hydrogen-bond donors (Lipinski definition) is 3. The fraction of sp³-hybridized carbons (Fsp3) is 0.840. The Labute approximate surface area is 197 Å². The number of nitrogens with one attached hydrogen (secondary N) is 1. The zero-order chi connectivity index (χ0) is 23.9. The monoisotopic (exact) mass is 468 g/mol. The van der Waals surface area contributed by atoms with Gasteiger partial charge in [0.05, 0.1) is 6.61 Å². The summed E-state index contributed by atoms with van der Waals surface area (Å²) in [4.78, 5) is 25.4. The molecule has 33 heavy (non-hydrogen) atoms. The minimum atomic E-state index is -1.11. The summed E-state index contributed by atoms with van der Waals surface area (Å²) in [7, 11) is 0. The molecule has 190 valence electrons. The molecule has 1 aliphatic heterocycles. The lowest BCUT2D eigenvalue weighted by molar-refractivity contribution is -0.0626. The Bertz CT molecular complexity index is 749. The average molecular weight is 469 g/mol. The van der Waals surface area contributed by atoms with Crippen LogP contribution in [0, 0.1) is 0 Å². The standard InChI is InChI=1S/C25H44N2O6/c1-2-3-4-5-6-7-8-9-10-11-12-13-14-15-18-32-23-20(19-28)33-24(22(23)30)27-17-16-21(29)26-25(27)31/h16-17,20,22-24,28,30H,2-15,18-19H2,1H3,(H,26,29,31)/t20-,22+,23?,24-/m1/s1. The predicted octanol–water partition coefficient (Wildman–Crippen LogP) is 3.65. The van der Waals surface area contributed by atoms with Crippen LogP contribution in [-0.2, 0) is 9.47 Å². The number of unbranched alkanes of at least 4 members (excludes halogenated alkanes) is 13. The first-order chi connectivity index (χ1) is 16.1. The first-order valence-corrected chi connectivity index (χ1v) is 13.0. The van der Waals surface area contributed by atoms with Crippen LogP contribution in [0.1, 0.15) is 103 Å². The molecular formula is C25H44N2O6. The number of aliphatic hydroxyl groups excluding tert-OH is 2. The SMILES string of the molecule is CCCCCCCCCCCCCCCCOC1[C@@H](CO)O[C@@H](n2ccc(=O)[nH]c2=O)[C@H]1O. The molecule has 0 bridgehead atoms. The molecule has 0 spiro atoms. The first-order valence-electron chi connectivity index (χ1n) is 13.0. The summed E-state index contributed by atoms with van der Waals surface area (Å²) >= 11 is 0. The molecule has 0 aliphatic carbocycles. The van der Waals surface area contributed by atoms with Crippen molar-refractivity contribution in [2.75, 3.05) is 13.2 Å². The van der Waals surface area contributed by atoms with Crippen LogP contribution < -0.4 is 11.2 Å². The number of H-pyrrole nitrogens is 1. The highest BCUT2D eigenvalue weighted by molar-refractivity contribution is 4.93. The molecule has 1 aromatic rings. The van der Waals surface area contributed by atoms with E-state index in [9.17, 15) is 19.8 Å². The van der Waals surface area contributed by atoms with E-state index in [1.807, 2.05) is 0 Å². The number of aromatic nitrogens is 2. The van der Waals surface area contributed by atoms with Crippen LogP contribution in [0.3, 0.4) is 0 Å². The summed E-state index contributed by atoms with van der Waals surface area (Å²) in [5.41, 5.74) is -1.19. The van der Waals surface area contributed by atoms with Crippen molar-refractivity contribution in [2.24, 2.45) is 0 Å². The number of hydrogen-bond acceptors (Lipinski definition) is 6. The molecule has 1 aromatic heterocycles. The van der Waals surface area contributed by atoms with Gasteiger partial charge in [0.1, 0.15) is 18.3 Å². The molecule has 3 N–H and O–H groups in total. The second-order valence-corrected chi connectivity index (χ2v) is 9.19. The van der Waals surface area contributed by atoms with Gasteiger partial charge < -0.3 is 19.7 Å². The Hall–Kier alpha value is -1.48.